The Labute approximate surface area is 173 Å². The van der Waals surface area contributed by atoms with Crippen LogP contribution < -0.4 is 9.47 Å². The summed E-state index contributed by atoms with van der Waals surface area (Å²) in [6, 6.07) is 15.9. The number of hydrogen-bond donors (Lipinski definition) is 0. The summed E-state index contributed by atoms with van der Waals surface area (Å²) in [5.41, 5.74) is 5.42. The number of rotatable bonds is 4. The van der Waals surface area contributed by atoms with E-state index >= 15 is 0 Å². The maximum atomic E-state index is 6.16. The van der Waals surface area contributed by atoms with Crippen LogP contribution in [-0.4, -0.2) is 27.2 Å². The first kappa shape index (κ1) is 17.9. The highest BCUT2D eigenvalue weighted by Crippen LogP contribution is 2.34. The first-order valence-electron chi connectivity index (χ1n) is 9.61. The van der Waals surface area contributed by atoms with Gasteiger partial charge in [0.25, 0.3) is 0 Å². The molecule has 0 bridgehead atoms. The molecule has 0 saturated carbocycles. The van der Waals surface area contributed by atoms with Crippen LogP contribution in [0.3, 0.4) is 0 Å². The number of para-hydroxylation sites is 2. The summed E-state index contributed by atoms with van der Waals surface area (Å²) < 4.78 is 14.3. The first-order chi connectivity index (χ1) is 14.2. The van der Waals surface area contributed by atoms with Crippen molar-refractivity contribution < 1.29 is 9.47 Å². The maximum absolute atomic E-state index is 6.16. The van der Waals surface area contributed by atoms with Crippen LogP contribution in [0.15, 0.2) is 60.1 Å². The lowest BCUT2D eigenvalue weighted by atomic mass is 10.2. The third kappa shape index (κ3) is 3.40. The highest BCUT2D eigenvalue weighted by Gasteiger charge is 2.23. The fourth-order valence-electron chi connectivity index (χ4n) is 3.70. The van der Waals surface area contributed by atoms with E-state index in [2.05, 4.69) is 34.8 Å². The molecule has 0 radical (unpaired) electrons. The fraction of sp³-hybridized carbons (Fsp3) is 0.217. The van der Waals surface area contributed by atoms with Crippen LogP contribution in [0.5, 0.6) is 11.5 Å². The van der Waals surface area contributed by atoms with Crippen LogP contribution in [0.25, 0.3) is 22.0 Å². The van der Waals surface area contributed by atoms with Crippen molar-refractivity contribution in [1.29, 1.82) is 0 Å². The molecule has 0 aliphatic carbocycles. The van der Waals surface area contributed by atoms with Crippen molar-refractivity contribution in [3.63, 3.8) is 0 Å². The fourth-order valence-corrected chi connectivity index (χ4v) is 4.50. The number of aryl methyl sites for hydroxylation is 1. The Morgan fingerprint density at radius 2 is 1.90 bits per heavy atom. The molecule has 1 aromatic carbocycles. The molecule has 146 valence electrons. The second-order valence-electron chi connectivity index (χ2n) is 7.15. The number of nitrogens with zero attached hydrogens (tertiary/aromatic N) is 3. The van der Waals surface area contributed by atoms with Gasteiger partial charge in [0.1, 0.15) is 11.6 Å². The smallest absolute Gasteiger partial charge is 0.161 e. The van der Waals surface area contributed by atoms with Gasteiger partial charge in [-0.25, -0.2) is 4.98 Å². The summed E-state index contributed by atoms with van der Waals surface area (Å²) in [7, 11) is 0. The zero-order chi connectivity index (χ0) is 19.8. The second-order valence-corrected chi connectivity index (χ2v) is 8.00. The highest BCUT2D eigenvalue weighted by atomic mass is 32.1. The van der Waals surface area contributed by atoms with Gasteiger partial charge in [0.2, 0.25) is 0 Å². The molecule has 5 nitrogen and oxygen atoms in total. The minimum Gasteiger partial charge on any atom is -0.486 e. The zero-order valence-electron chi connectivity index (χ0n) is 16.3. The van der Waals surface area contributed by atoms with E-state index in [1.807, 2.05) is 42.5 Å². The normalized spacial score (nSPS) is 15.4. The van der Waals surface area contributed by atoms with E-state index in [0.717, 1.165) is 40.0 Å². The van der Waals surface area contributed by atoms with Gasteiger partial charge in [-0.1, -0.05) is 18.2 Å². The number of thiazole rings is 1. The van der Waals surface area contributed by atoms with Crippen molar-refractivity contribution in [2.75, 3.05) is 6.61 Å². The van der Waals surface area contributed by atoms with Crippen molar-refractivity contribution in [2.24, 2.45) is 0 Å². The van der Waals surface area contributed by atoms with Crippen molar-refractivity contribution in [3.8, 4) is 33.5 Å². The van der Waals surface area contributed by atoms with Crippen molar-refractivity contribution in [3.05, 3.63) is 71.5 Å². The first-order valence-corrected chi connectivity index (χ1v) is 10.5. The summed E-state index contributed by atoms with van der Waals surface area (Å²) in [6.07, 6.45) is 1.77. The van der Waals surface area contributed by atoms with Gasteiger partial charge in [-0.3, -0.25) is 4.98 Å². The molecule has 4 heterocycles. The summed E-state index contributed by atoms with van der Waals surface area (Å²) in [4.78, 5) is 9.24. The lowest BCUT2D eigenvalue weighted by Gasteiger charge is -2.27. The number of aromatic nitrogens is 3. The lowest BCUT2D eigenvalue weighted by Crippen LogP contribution is -2.33. The Morgan fingerprint density at radius 3 is 2.72 bits per heavy atom. The van der Waals surface area contributed by atoms with Crippen LogP contribution >= 0.6 is 11.3 Å². The third-order valence-corrected chi connectivity index (χ3v) is 6.06. The van der Waals surface area contributed by atoms with E-state index in [1.54, 1.807) is 17.5 Å². The van der Waals surface area contributed by atoms with E-state index in [9.17, 15) is 0 Å². The number of fused-ring (bicyclic) bond motifs is 1. The predicted molar refractivity (Wildman–Crippen MR) is 115 cm³/mol. The molecule has 5 rings (SSSR count). The van der Waals surface area contributed by atoms with Gasteiger partial charge < -0.3 is 14.0 Å². The Hall–Kier alpha value is -3.12. The number of benzene rings is 1. The van der Waals surface area contributed by atoms with Crippen LogP contribution in [0, 0.1) is 13.8 Å². The molecule has 29 heavy (non-hydrogen) atoms. The van der Waals surface area contributed by atoms with E-state index in [-0.39, 0.29) is 6.10 Å². The van der Waals surface area contributed by atoms with Gasteiger partial charge in [0.15, 0.2) is 17.6 Å². The molecule has 1 unspecified atom stereocenters. The minimum absolute atomic E-state index is 0.0259. The van der Waals surface area contributed by atoms with E-state index in [0.29, 0.717) is 6.61 Å². The Bertz CT molecular complexity index is 1150. The van der Waals surface area contributed by atoms with Crippen molar-refractivity contribution >= 4 is 11.3 Å². The van der Waals surface area contributed by atoms with E-state index in [4.69, 9.17) is 14.5 Å². The Kier molecular flexibility index (Phi) is 4.56. The number of hydrogen-bond acceptors (Lipinski definition) is 5. The number of ether oxygens (including phenoxy) is 2. The highest BCUT2D eigenvalue weighted by molar-refractivity contribution is 7.13. The molecule has 0 spiro atoms. The molecule has 3 aromatic heterocycles. The average Bonchev–Trinajstić information content (AvgIpc) is 3.35. The molecular formula is C23H21N3O2S. The van der Waals surface area contributed by atoms with Crippen LogP contribution in [0.1, 0.15) is 11.4 Å². The summed E-state index contributed by atoms with van der Waals surface area (Å²) in [5.74, 6) is 1.63. The molecular weight excluding hydrogens is 382 g/mol. The maximum Gasteiger partial charge on any atom is 0.161 e. The lowest BCUT2D eigenvalue weighted by molar-refractivity contribution is 0.0778. The van der Waals surface area contributed by atoms with Crippen molar-refractivity contribution in [1.82, 2.24) is 14.5 Å². The molecule has 0 saturated heterocycles. The molecule has 0 fully saturated rings. The van der Waals surface area contributed by atoms with Crippen LogP contribution in [0.4, 0.5) is 0 Å². The van der Waals surface area contributed by atoms with E-state index in [1.165, 1.54) is 11.4 Å². The largest absolute Gasteiger partial charge is 0.486 e. The van der Waals surface area contributed by atoms with Gasteiger partial charge in [-0.2, -0.15) is 0 Å². The van der Waals surface area contributed by atoms with Crippen molar-refractivity contribution in [2.45, 2.75) is 26.5 Å². The Morgan fingerprint density at radius 1 is 1.07 bits per heavy atom. The molecule has 1 atom stereocenters. The summed E-state index contributed by atoms with van der Waals surface area (Å²) in [6.45, 7) is 5.55. The topological polar surface area (TPSA) is 49.2 Å². The SMILES string of the molecule is Cc1cc(-c2csc(-c3ccccn3)n2)c(C)n1CC1COc2ccccc2O1. The van der Waals surface area contributed by atoms with Crippen LogP contribution in [-0.2, 0) is 6.54 Å². The molecule has 0 N–H and O–H groups in total. The quantitative estimate of drug-likeness (QED) is 0.474. The van der Waals surface area contributed by atoms with Gasteiger partial charge in [0.05, 0.1) is 17.9 Å². The number of pyridine rings is 1. The minimum atomic E-state index is -0.0259. The molecule has 1 aliphatic rings. The van der Waals surface area contributed by atoms with Gasteiger partial charge in [-0.05, 0) is 44.2 Å². The van der Waals surface area contributed by atoms with Gasteiger partial charge >= 0.3 is 0 Å². The summed E-state index contributed by atoms with van der Waals surface area (Å²) in [5, 5.41) is 3.04. The molecule has 1 aliphatic heterocycles. The summed E-state index contributed by atoms with van der Waals surface area (Å²) >= 11 is 1.62. The zero-order valence-corrected chi connectivity index (χ0v) is 17.1. The van der Waals surface area contributed by atoms with Gasteiger partial charge in [-0.15, -0.1) is 11.3 Å². The second kappa shape index (κ2) is 7.37. The third-order valence-electron chi connectivity index (χ3n) is 5.19. The standard InChI is InChI=1S/C23H21N3O2S/c1-15-11-18(20-14-29-23(25-20)19-7-5-6-10-24-19)16(2)26(15)12-17-13-27-21-8-3-4-9-22(21)28-17/h3-11,14,17H,12-13H2,1-2H3. The molecule has 6 heteroatoms. The Balaban J connectivity index is 1.40. The average molecular weight is 404 g/mol. The molecule has 4 aromatic rings. The van der Waals surface area contributed by atoms with Gasteiger partial charge in [0, 0.05) is 28.5 Å². The van der Waals surface area contributed by atoms with Crippen LogP contribution in [0.2, 0.25) is 0 Å². The monoisotopic (exact) mass is 403 g/mol. The predicted octanol–water partition coefficient (Wildman–Crippen LogP) is 5.13. The molecule has 0 amide bonds. The van der Waals surface area contributed by atoms with E-state index < -0.39 is 0 Å².